The van der Waals surface area contributed by atoms with Gasteiger partial charge in [0.1, 0.15) is 5.82 Å². The molecule has 0 saturated carbocycles. The zero-order chi connectivity index (χ0) is 19.4. The summed E-state index contributed by atoms with van der Waals surface area (Å²) in [6.45, 7) is 7.85. The predicted molar refractivity (Wildman–Crippen MR) is 108 cm³/mol. The molecule has 1 aromatic carbocycles. The number of nitrogens with zero attached hydrogens (tertiary/aromatic N) is 4. The average Bonchev–Trinajstić information content (AvgIpc) is 3.21. The summed E-state index contributed by atoms with van der Waals surface area (Å²) in [5, 5.41) is 20.4. The molecule has 0 bridgehead atoms. The number of rotatable bonds is 8. The highest BCUT2D eigenvalue weighted by Crippen LogP contribution is 2.18. The molecule has 0 aliphatic heterocycles. The first-order chi connectivity index (χ1) is 13.0. The Balaban J connectivity index is 1.58. The number of aromatic nitrogens is 5. The third-order valence-electron chi connectivity index (χ3n) is 4.32. The van der Waals surface area contributed by atoms with E-state index in [4.69, 9.17) is 0 Å². The molecular weight excluding hydrogens is 360 g/mol. The molecule has 27 heavy (non-hydrogen) atoms. The molecule has 0 spiro atoms. The summed E-state index contributed by atoms with van der Waals surface area (Å²) in [6.07, 6.45) is 3.60. The lowest BCUT2D eigenvalue weighted by Crippen LogP contribution is -2.25. The standard InChI is InChI=1S/C19H26N6OS/c1-12(2)11-25-16(22-24-19(25)27-4)6-5-9-20-18(26)17-14-10-13(3)7-8-15(14)21-23-17/h7-8,10,12H,5-6,9,11H2,1-4H3,(H,20,26)(H,21,23). The largest absolute Gasteiger partial charge is 0.351 e. The molecule has 0 aliphatic rings. The van der Waals surface area contributed by atoms with Gasteiger partial charge in [-0.05, 0) is 37.7 Å². The van der Waals surface area contributed by atoms with E-state index in [1.54, 1.807) is 11.8 Å². The van der Waals surface area contributed by atoms with Gasteiger partial charge in [-0.25, -0.2) is 0 Å². The Bertz CT molecular complexity index is 930. The van der Waals surface area contributed by atoms with Gasteiger partial charge in [0.15, 0.2) is 10.9 Å². The lowest BCUT2D eigenvalue weighted by atomic mass is 10.1. The number of fused-ring (bicyclic) bond motifs is 1. The fourth-order valence-corrected chi connectivity index (χ4v) is 3.56. The van der Waals surface area contributed by atoms with Gasteiger partial charge in [-0.2, -0.15) is 5.10 Å². The third kappa shape index (κ3) is 4.50. The summed E-state index contributed by atoms with van der Waals surface area (Å²) in [6, 6.07) is 5.92. The van der Waals surface area contributed by atoms with Crippen LogP contribution in [-0.4, -0.2) is 43.7 Å². The molecule has 144 valence electrons. The van der Waals surface area contributed by atoms with E-state index in [0.29, 0.717) is 18.2 Å². The minimum absolute atomic E-state index is 0.152. The van der Waals surface area contributed by atoms with Crippen molar-refractivity contribution in [3.63, 3.8) is 0 Å². The lowest BCUT2D eigenvalue weighted by molar-refractivity contribution is 0.0949. The van der Waals surface area contributed by atoms with Gasteiger partial charge in [-0.15, -0.1) is 10.2 Å². The van der Waals surface area contributed by atoms with Crippen LogP contribution in [0.2, 0.25) is 0 Å². The van der Waals surface area contributed by atoms with Crippen molar-refractivity contribution in [2.45, 2.75) is 45.3 Å². The number of H-pyrrole nitrogens is 1. The maximum Gasteiger partial charge on any atom is 0.272 e. The number of amides is 1. The number of benzene rings is 1. The summed E-state index contributed by atoms with van der Waals surface area (Å²) < 4.78 is 2.18. The van der Waals surface area contributed by atoms with E-state index in [1.807, 2.05) is 31.4 Å². The van der Waals surface area contributed by atoms with Crippen molar-refractivity contribution in [2.75, 3.05) is 12.8 Å². The Kier molecular flexibility index (Phi) is 6.15. The summed E-state index contributed by atoms with van der Waals surface area (Å²) in [4.78, 5) is 12.5. The van der Waals surface area contributed by atoms with Gasteiger partial charge in [-0.3, -0.25) is 9.89 Å². The number of hydrogen-bond acceptors (Lipinski definition) is 5. The zero-order valence-electron chi connectivity index (χ0n) is 16.2. The Labute approximate surface area is 163 Å². The van der Waals surface area contributed by atoms with Crippen LogP contribution in [0.15, 0.2) is 23.4 Å². The topological polar surface area (TPSA) is 88.5 Å². The van der Waals surface area contributed by atoms with Crippen LogP contribution in [0.5, 0.6) is 0 Å². The summed E-state index contributed by atoms with van der Waals surface area (Å²) in [7, 11) is 0. The maximum absolute atomic E-state index is 12.5. The van der Waals surface area contributed by atoms with E-state index in [1.165, 1.54) is 0 Å². The number of carbonyl (C=O) groups is 1. The minimum Gasteiger partial charge on any atom is -0.351 e. The van der Waals surface area contributed by atoms with Crippen molar-refractivity contribution in [1.29, 1.82) is 0 Å². The van der Waals surface area contributed by atoms with Gasteiger partial charge in [0, 0.05) is 24.9 Å². The van der Waals surface area contributed by atoms with Gasteiger partial charge >= 0.3 is 0 Å². The number of hydrogen-bond donors (Lipinski definition) is 2. The van der Waals surface area contributed by atoms with Gasteiger partial charge in [0.25, 0.3) is 5.91 Å². The highest BCUT2D eigenvalue weighted by Gasteiger charge is 2.15. The molecule has 8 heteroatoms. The Morgan fingerprint density at radius 1 is 1.33 bits per heavy atom. The van der Waals surface area contributed by atoms with E-state index < -0.39 is 0 Å². The van der Waals surface area contributed by atoms with Crippen LogP contribution >= 0.6 is 11.8 Å². The normalized spacial score (nSPS) is 11.4. The third-order valence-corrected chi connectivity index (χ3v) is 4.99. The maximum atomic E-state index is 12.5. The number of aryl methyl sites for hydroxylation is 2. The first kappa shape index (κ1) is 19.4. The van der Waals surface area contributed by atoms with E-state index >= 15 is 0 Å². The fraction of sp³-hybridized carbons (Fsp3) is 0.474. The van der Waals surface area contributed by atoms with Crippen LogP contribution < -0.4 is 5.32 Å². The molecule has 3 rings (SSSR count). The van der Waals surface area contributed by atoms with Crippen molar-refractivity contribution >= 4 is 28.6 Å². The monoisotopic (exact) mass is 386 g/mol. The van der Waals surface area contributed by atoms with Crippen LogP contribution in [0, 0.1) is 12.8 Å². The average molecular weight is 387 g/mol. The van der Waals surface area contributed by atoms with E-state index in [2.05, 4.69) is 44.1 Å². The van der Waals surface area contributed by atoms with Crippen LogP contribution in [0.25, 0.3) is 10.9 Å². The molecule has 2 N–H and O–H groups in total. The van der Waals surface area contributed by atoms with E-state index in [0.717, 1.165) is 46.8 Å². The number of aromatic amines is 1. The predicted octanol–water partition coefficient (Wildman–Crippen LogP) is 3.20. The summed E-state index contributed by atoms with van der Waals surface area (Å²) in [5.74, 6) is 1.35. The van der Waals surface area contributed by atoms with Gasteiger partial charge in [-0.1, -0.05) is 37.2 Å². The van der Waals surface area contributed by atoms with E-state index in [9.17, 15) is 4.79 Å². The van der Waals surface area contributed by atoms with Gasteiger partial charge < -0.3 is 9.88 Å². The number of carbonyl (C=O) groups excluding carboxylic acids is 1. The van der Waals surface area contributed by atoms with Gasteiger partial charge in [0.05, 0.1) is 5.52 Å². The quantitative estimate of drug-likeness (QED) is 0.458. The smallest absolute Gasteiger partial charge is 0.272 e. The lowest BCUT2D eigenvalue weighted by Gasteiger charge is -2.11. The molecule has 1 amide bonds. The molecule has 0 radical (unpaired) electrons. The second-order valence-electron chi connectivity index (χ2n) is 7.09. The van der Waals surface area contributed by atoms with Crippen molar-refractivity contribution < 1.29 is 4.79 Å². The molecule has 2 aromatic heterocycles. The first-order valence-corrected chi connectivity index (χ1v) is 10.4. The Morgan fingerprint density at radius 3 is 2.89 bits per heavy atom. The summed E-state index contributed by atoms with van der Waals surface area (Å²) in [5.41, 5.74) is 2.42. The Morgan fingerprint density at radius 2 is 2.15 bits per heavy atom. The molecule has 0 unspecified atom stereocenters. The molecule has 0 fully saturated rings. The highest BCUT2D eigenvalue weighted by atomic mass is 32.2. The molecular formula is C19H26N6OS. The SMILES string of the molecule is CSc1nnc(CCCNC(=O)c2n[nH]c3ccc(C)cc23)n1CC(C)C. The summed E-state index contributed by atoms with van der Waals surface area (Å²) >= 11 is 1.61. The second kappa shape index (κ2) is 8.56. The fourth-order valence-electron chi connectivity index (χ4n) is 3.04. The highest BCUT2D eigenvalue weighted by molar-refractivity contribution is 7.98. The van der Waals surface area contributed by atoms with Crippen molar-refractivity contribution in [2.24, 2.45) is 5.92 Å². The molecule has 7 nitrogen and oxygen atoms in total. The zero-order valence-corrected chi connectivity index (χ0v) is 17.1. The van der Waals surface area contributed by atoms with Crippen LogP contribution in [0.1, 0.15) is 42.1 Å². The molecule has 3 aromatic rings. The second-order valence-corrected chi connectivity index (χ2v) is 7.86. The van der Waals surface area contributed by atoms with E-state index in [-0.39, 0.29) is 5.91 Å². The molecule has 0 saturated heterocycles. The van der Waals surface area contributed by atoms with Crippen LogP contribution in [0.4, 0.5) is 0 Å². The number of nitrogens with one attached hydrogen (secondary N) is 2. The van der Waals surface area contributed by atoms with Crippen molar-refractivity contribution in [3.05, 3.63) is 35.3 Å². The number of thioether (sulfide) groups is 1. The van der Waals surface area contributed by atoms with Gasteiger partial charge in [0.2, 0.25) is 0 Å². The van der Waals surface area contributed by atoms with Crippen molar-refractivity contribution in [3.8, 4) is 0 Å². The molecule has 0 atom stereocenters. The van der Waals surface area contributed by atoms with Crippen LogP contribution in [-0.2, 0) is 13.0 Å². The molecule has 2 heterocycles. The first-order valence-electron chi connectivity index (χ1n) is 9.18. The Hall–Kier alpha value is -2.35. The minimum atomic E-state index is -0.152. The van der Waals surface area contributed by atoms with Crippen LogP contribution in [0.3, 0.4) is 0 Å². The molecule has 0 aliphatic carbocycles. The van der Waals surface area contributed by atoms with Crippen molar-refractivity contribution in [1.82, 2.24) is 30.3 Å².